The molecule has 0 aliphatic carbocycles. The zero-order valence-electron chi connectivity index (χ0n) is 13.5. The van der Waals surface area contributed by atoms with Crippen LogP contribution in [-0.2, 0) is 11.3 Å². The van der Waals surface area contributed by atoms with Gasteiger partial charge in [0.05, 0.1) is 23.2 Å². The minimum Gasteiger partial charge on any atom is -0.493 e. The van der Waals surface area contributed by atoms with Crippen LogP contribution < -0.4 is 5.56 Å². The second-order valence-electron chi connectivity index (χ2n) is 5.00. The number of halogens is 2. The maximum Gasteiger partial charge on any atom is 0.281 e. The van der Waals surface area contributed by atoms with E-state index >= 15 is 0 Å². The quantitative estimate of drug-likeness (QED) is 0.788. The molecular formula is C16H14Cl2N4O3. The van der Waals surface area contributed by atoms with E-state index in [0.717, 1.165) is 4.57 Å². The normalized spacial score (nSPS) is 11.0. The van der Waals surface area contributed by atoms with Crippen molar-refractivity contribution in [1.29, 1.82) is 5.26 Å². The first kappa shape index (κ1) is 18.9. The van der Waals surface area contributed by atoms with Crippen LogP contribution in [0.25, 0.3) is 0 Å². The summed E-state index contributed by atoms with van der Waals surface area (Å²) in [7, 11) is 1.46. The van der Waals surface area contributed by atoms with Gasteiger partial charge in [0.1, 0.15) is 17.3 Å². The molecular weight excluding hydrogens is 367 g/mol. The molecule has 0 radical (unpaired) electrons. The molecule has 2 aromatic rings. The number of nitrogens with zero attached hydrogens (tertiary/aromatic N) is 4. The fourth-order valence-electron chi connectivity index (χ4n) is 2.13. The number of ether oxygens (including phenoxy) is 1. The van der Waals surface area contributed by atoms with Crippen LogP contribution in [0.5, 0.6) is 5.88 Å². The molecule has 25 heavy (non-hydrogen) atoms. The van der Waals surface area contributed by atoms with E-state index in [2.05, 4.69) is 10.2 Å². The van der Waals surface area contributed by atoms with Crippen molar-refractivity contribution >= 4 is 34.6 Å². The van der Waals surface area contributed by atoms with Gasteiger partial charge in [0.2, 0.25) is 5.88 Å². The highest BCUT2D eigenvalue weighted by molar-refractivity contribution is 6.38. The molecule has 1 N–H and O–H groups in total. The summed E-state index contributed by atoms with van der Waals surface area (Å²) in [6, 6.07) is 6.69. The minimum atomic E-state index is -0.599. The predicted octanol–water partition coefficient (Wildman–Crippen LogP) is 4.10. The third-order valence-electron chi connectivity index (χ3n) is 3.48. The fourth-order valence-corrected chi connectivity index (χ4v) is 2.60. The second kappa shape index (κ2) is 8.12. The molecule has 1 aromatic carbocycles. The number of nitriles is 1. The summed E-state index contributed by atoms with van der Waals surface area (Å²) in [5.74, 6) is -0.434. The summed E-state index contributed by atoms with van der Waals surface area (Å²) in [5, 5.41) is 27.8. The van der Waals surface area contributed by atoms with Gasteiger partial charge in [-0.15, -0.1) is 10.2 Å². The predicted molar refractivity (Wildman–Crippen MR) is 94.3 cm³/mol. The molecule has 1 heterocycles. The third-order valence-corrected chi connectivity index (χ3v) is 4.09. The van der Waals surface area contributed by atoms with Crippen LogP contribution in [0.2, 0.25) is 10.0 Å². The van der Waals surface area contributed by atoms with Crippen LogP contribution in [0.1, 0.15) is 11.1 Å². The number of methoxy groups -OCH3 is 1. The topological polar surface area (TPSA) is 100.0 Å². The van der Waals surface area contributed by atoms with Crippen LogP contribution in [-0.4, -0.2) is 23.4 Å². The summed E-state index contributed by atoms with van der Waals surface area (Å²) in [5.41, 5.74) is -0.320. The van der Waals surface area contributed by atoms with E-state index in [1.807, 2.05) is 6.07 Å². The van der Waals surface area contributed by atoms with Crippen molar-refractivity contribution < 1.29 is 9.84 Å². The van der Waals surface area contributed by atoms with Gasteiger partial charge in [-0.25, -0.2) is 0 Å². The van der Waals surface area contributed by atoms with Crippen molar-refractivity contribution in [2.45, 2.75) is 13.5 Å². The lowest BCUT2D eigenvalue weighted by atomic mass is 10.1. The molecule has 0 atom stereocenters. The Morgan fingerprint density at radius 2 is 1.88 bits per heavy atom. The lowest BCUT2D eigenvalue weighted by molar-refractivity contribution is 0.182. The van der Waals surface area contributed by atoms with E-state index < -0.39 is 11.4 Å². The Hall–Kier alpha value is -2.40. The lowest BCUT2D eigenvalue weighted by Gasteiger charge is -2.12. The van der Waals surface area contributed by atoms with Crippen molar-refractivity contribution in [3.63, 3.8) is 0 Å². The van der Waals surface area contributed by atoms with E-state index in [0.29, 0.717) is 0 Å². The average Bonchev–Trinajstić information content (AvgIpc) is 2.57. The standard InChI is InChI=1S/C16H14Cl2N4O3/c1-9-10(8-19)15(23)22(6-7-25-2)16(24)13(9)20-21-14-11(17)4-3-5-12(14)18/h3-5,23H,6-7H2,1-2H3. The first-order valence-electron chi connectivity index (χ1n) is 7.13. The second-order valence-corrected chi connectivity index (χ2v) is 5.82. The van der Waals surface area contributed by atoms with Crippen molar-refractivity contribution in [3.05, 3.63) is 49.7 Å². The Morgan fingerprint density at radius 1 is 1.28 bits per heavy atom. The number of aromatic nitrogens is 1. The van der Waals surface area contributed by atoms with Crippen molar-refractivity contribution in [3.8, 4) is 11.9 Å². The molecule has 1 aromatic heterocycles. The van der Waals surface area contributed by atoms with Gasteiger partial charge in [0, 0.05) is 12.7 Å². The molecule has 130 valence electrons. The number of aromatic hydroxyl groups is 1. The number of pyridine rings is 1. The molecule has 9 heteroatoms. The molecule has 7 nitrogen and oxygen atoms in total. The lowest BCUT2D eigenvalue weighted by Crippen LogP contribution is -2.23. The molecule has 0 unspecified atom stereocenters. The number of hydrogen-bond donors (Lipinski definition) is 1. The Labute approximate surface area is 153 Å². The van der Waals surface area contributed by atoms with Gasteiger partial charge in [-0.3, -0.25) is 9.36 Å². The summed E-state index contributed by atoms with van der Waals surface area (Å²) in [6.07, 6.45) is 0. The SMILES string of the molecule is COCCn1c(O)c(C#N)c(C)c(N=Nc2c(Cl)cccc2Cl)c1=O. The van der Waals surface area contributed by atoms with Crippen molar-refractivity contribution in [1.82, 2.24) is 4.57 Å². The number of azo groups is 1. The molecule has 2 rings (SSSR count). The first-order valence-corrected chi connectivity index (χ1v) is 7.89. The number of benzene rings is 1. The van der Waals surface area contributed by atoms with Crippen LogP contribution in [0.15, 0.2) is 33.2 Å². The van der Waals surface area contributed by atoms with Crippen LogP contribution in [0, 0.1) is 18.3 Å². The van der Waals surface area contributed by atoms with Crippen LogP contribution in [0.3, 0.4) is 0 Å². The van der Waals surface area contributed by atoms with Gasteiger partial charge in [-0.05, 0) is 19.1 Å². The number of rotatable bonds is 5. The zero-order valence-corrected chi connectivity index (χ0v) is 15.0. The summed E-state index contributed by atoms with van der Waals surface area (Å²) >= 11 is 12.1. The molecule has 0 spiro atoms. The van der Waals surface area contributed by atoms with Gasteiger partial charge < -0.3 is 9.84 Å². The summed E-state index contributed by atoms with van der Waals surface area (Å²) in [4.78, 5) is 12.6. The van der Waals surface area contributed by atoms with E-state index in [-0.39, 0.29) is 45.7 Å². The monoisotopic (exact) mass is 380 g/mol. The van der Waals surface area contributed by atoms with Gasteiger partial charge >= 0.3 is 0 Å². The Morgan fingerprint density at radius 3 is 2.44 bits per heavy atom. The van der Waals surface area contributed by atoms with Crippen molar-refractivity contribution in [2.75, 3.05) is 13.7 Å². The molecule has 0 aliphatic heterocycles. The van der Waals surface area contributed by atoms with Gasteiger partial charge in [0.15, 0.2) is 5.69 Å². The highest BCUT2D eigenvalue weighted by Crippen LogP contribution is 2.34. The smallest absolute Gasteiger partial charge is 0.281 e. The van der Waals surface area contributed by atoms with Crippen molar-refractivity contribution in [2.24, 2.45) is 10.2 Å². The minimum absolute atomic E-state index is 0.0603. The molecule has 0 aliphatic rings. The van der Waals surface area contributed by atoms with Gasteiger partial charge in [-0.1, -0.05) is 29.3 Å². The van der Waals surface area contributed by atoms with E-state index in [1.165, 1.54) is 14.0 Å². The maximum atomic E-state index is 12.6. The third kappa shape index (κ3) is 3.82. The molecule has 0 saturated carbocycles. The van der Waals surface area contributed by atoms with E-state index in [9.17, 15) is 15.2 Å². The Balaban J connectivity index is 2.63. The average molecular weight is 381 g/mol. The maximum absolute atomic E-state index is 12.6. The zero-order chi connectivity index (χ0) is 18.6. The van der Waals surface area contributed by atoms with E-state index in [4.69, 9.17) is 27.9 Å². The Kier molecular flexibility index (Phi) is 6.15. The molecule has 0 bridgehead atoms. The van der Waals surface area contributed by atoms with Gasteiger partial charge in [-0.2, -0.15) is 5.26 Å². The Bertz CT molecular complexity index is 912. The van der Waals surface area contributed by atoms with E-state index in [1.54, 1.807) is 18.2 Å². The van der Waals surface area contributed by atoms with Crippen LogP contribution >= 0.6 is 23.2 Å². The summed E-state index contributed by atoms with van der Waals surface area (Å²) in [6.45, 7) is 1.74. The highest BCUT2D eigenvalue weighted by Gasteiger charge is 2.19. The fraction of sp³-hybridized carbons (Fsp3) is 0.250. The highest BCUT2D eigenvalue weighted by atomic mass is 35.5. The largest absolute Gasteiger partial charge is 0.493 e. The molecule has 0 amide bonds. The van der Waals surface area contributed by atoms with Gasteiger partial charge in [0.25, 0.3) is 5.56 Å². The first-order chi connectivity index (χ1) is 11.9. The van der Waals surface area contributed by atoms with Crippen LogP contribution in [0.4, 0.5) is 11.4 Å². The number of hydrogen-bond acceptors (Lipinski definition) is 6. The molecule has 0 fully saturated rings. The molecule has 0 saturated heterocycles. The summed E-state index contributed by atoms with van der Waals surface area (Å²) < 4.78 is 5.93.